The van der Waals surface area contributed by atoms with E-state index in [1.807, 2.05) is 17.1 Å². The van der Waals surface area contributed by atoms with Crippen LogP contribution in [0.15, 0.2) is 18.5 Å². The van der Waals surface area contributed by atoms with E-state index in [4.69, 9.17) is 0 Å². The summed E-state index contributed by atoms with van der Waals surface area (Å²) in [7, 11) is 0. The van der Waals surface area contributed by atoms with E-state index in [0.29, 0.717) is 12.0 Å². The standard InChI is InChI=1S/C12H17N3/c1-8(2)11-7-13-12-10(11)5-6-15(14-12)9(3)4/h5-9H,1-4H3. The van der Waals surface area contributed by atoms with E-state index in [1.54, 1.807) is 0 Å². The summed E-state index contributed by atoms with van der Waals surface area (Å²) in [6, 6.07) is 2.50. The van der Waals surface area contributed by atoms with Gasteiger partial charge in [-0.05, 0) is 31.4 Å². The molecule has 0 atom stereocenters. The lowest BCUT2D eigenvalue weighted by Gasteiger charge is -2.11. The number of nitrogens with zero attached hydrogens (tertiary/aromatic N) is 3. The van der Waals surface area contributed by atoms with Gasteiger partial charge in [-0.1, -0.05) is 13.8 Å². The van der Waals surface area contributed by atoms with Gasteiger partial charge in [0.05, 0.1) is 0 Å². The van der Waals surface area contributed by atoms with Crippen molar-refractivity contribution in [1.29, 1.82) is 0 Å². The summed E-state index contributed by atoms with van der Waals surface area (Å²) in [4.78, 5) is 4.35. The molecule has 15 heavy (non-hydrogen) atoms. The molecule has 3 heteroatoms. The largest absolute Gasteiger partial charge is 0.268 e. The molecule has 80 valence electrons. The Bertz CT molecular complexity index is 429. The molecule has 0 fully saturated rings. The first-order valence-electron chi connectivity index (χ1n) is 5.43. The van der Waals surface area contributed by atoms with Gasteiger partial charge in [-0.3, -0.25) is 4.68 Å². The topological polar surface area (TPSA) is 30.7 Å². The Balaban J connectivity index is 2.51. The summed E-state index contributed by atoms with van der Waals surface area (Å²) in [5.74, 6) is 1.36. The van der Waals surface area contributed by atoms with E-state index in [2.05, 4.69) is 43.8 Å². The van der Waals surface area contributed by atoms with Crippen molar-refractivity contribution < 1.29 is 0 Å². The normalized spacial score (nSPS) is 11.9. The zero-order chi connectivity index (χ0) is 11.0. The molecule has 0 aromatic heterocycles. The fourth-order valence-corrected chi connectivity index (χ4v) is 1.69. The smallest absolute Gasteiger partial charge is 0.179 e. The van der Waals surface area contributed by atoms with Gasteiger partial charge >= 0.3 is 0 Å². The van der Waals surface area contributed by atoms with Crippen LogP contribution in [0, 0.1) is 0 Å². The van der Waals surface area contributed by atoms with Crippen LogP contribution in [0.2, 0.25) is 0 Å². The van der Waals surface area contributed by atoms with Crippen LogP contribution < -0.4 is 0 Å². The van der Waals surface area contributed by atoms with Crippen molar-refractivity contribution >= 4 is 0 Å². The third-order valence-corrected chi connectivity index (χ3v) is 2.63. The summed E-state index contributed by atoms with van der Waals surface area (Å²) in [5, 5.41) is 4.48. The van der Waals surface area contributed by atoms with E-state index in [-0.39, 0.29) is 0 Å². The van der Waals surface area contributed by atoms with Gasteiger partial charge in [0.1, 0.15) is 0 Å². The van der Waals surface area contributed by atoms with Gasteiger partial charge in [0.25, 0.3) is 0 Å². The van der Waals surface area contributed by atoms with Crippen molar-refractivity contribution in [3.8, 4) is 11.4 Å². The van der Waals surface area contributed by atoms with Crippen LogP contribution in [0.5, 0.6) is 0 Å². The lowest BCUT2D eigenvalue weighted by Crippen LogP contribution is -2.07. The Labute approximate surface area is 90.5 Å². The Kier molecular flexibility index (Phi) is 2.47. The first-order valence-corrected chi connectivity index (χ1v) is 5.43. The molecule has 0 saturated carbocycles. The minimum absolute atomic E-state index is 0.383. The first kappa shape index (κ1) is 10.1. The van der Waals surface area contributed by atoms with E-state index in [1.165, 1.54) is 11.1 Å². The molecule has 0 bridgehead atoms. The maximum atomic E-state index is 4.48. The van der Waals surface area contributed by atoms with Crippen LogP contribution >= 0.6 is 0 Å². The highest BCUT2D eigenvalue weighted by Crippen LogP contribution is 2.28. The molecule has 0 spiro atoms. The lowest BCUT2D eigenvalue weighted by molar-refractivity contribution is 0.520. The number of hydrogen-bond acceptors (Lipinski definition) is 2. The third-order valence-electron chi connectivity index (χ3n) is 2.63. The maximum Gasteiger partial charge on any atom is 0.179 e. The fourth-order valence-electron chi connectivity index (χ4n) is 1.69. The monoisotopic (exact) mass is 203 g/mol. The van der Waals surface area contributed by atoms with Gasteiger partial charge < -0.3 is 0 Å². The molecule has 0 radical (unpaired) electrons. The average Bonchev–Trinajstić information content (AvgIpc) is 2.59. The molecule has 2 aliphatic rings. The molecule has 2 aliphatic heterocycles. The van der Waals surface area contributed by atoms with Gasteiger partial charge in [0, 0.05) is 24.0 Å². The number of aromatic nitrogens is 3. The van der Waals surface area contributed by atoms with E-state index >= 15 is 0 Å². The second-order valence-corrected chi connectivity index (χ2v) is 4.50. The second-order valence-electron chi connectivity index (χ2n) is 4.50. The van der Waals surface area contributed by atoms with E-state index in [9.17, 15) is 0 Å². The van der Waals surface area contributed by atoms with Crippen molar-refractivity contribution in [2.24, 2.45) is 0 Å². The quantitative estimate of drug-likeness (QED) is 0.751. The van der Waals surface area contributed by atoms with Crippen molar-refractivity contribution in [2.45, 2.75) is 39.7 Å². The zero-order valence-corrected chi connectivity index (χ0v) is 9.73. The minimum atomic E-state index is 0.383. The molecule has 0 amide bonds. The molecular weight excluding hydrogens is 186 g/mol. The Morgan fingerprint density at radius 1 is 1.20 bits per heavy atom. The summed E-state index contributed by atoms with van der Waals surface area (Å²) in [6.45, 7) is 8.59. The van der Waals surface area contributed by atoms with Gasteiger partial charge in [0.2, 0.25) is 0 Å². The Morgan fingerprint density at radius 3 is 2.53 bits per heavy atom. The van der Waals surface area contributed by atoms with E-state index < -0.39 is 0 Å². The molecule has 0 aromatic carbocycles. The van der Waals surface area contributed by atoms with Gasteiger partial charge in [-0.2, -0.15) is 5.10 Å². The molecule has 2 heterocycles. The molecule has 2 rings (SSSR count). The van der Waals surface area contributed by atoms with Gasteiger partial charge in [-0.15, -0.1) is 0 Å². The average molecular weight is 203 g/mol. The molecule has 0 N–H and O–H groups in total. The number of hydrogen-bond donors (Lipinski definition) is 0. The molecule has 0 aliphatic carbocycles. The zero-order valence-electron chi connectivity index (χ0n) is 9.73. The van der Waals surface area contributed by atoms with Crippen molar-refractivity contribution in [2.75, 3.05) is 0 Å². The van der Waals surface area contributed by atoms with E-state index in [0.717, 1.165) is 5.82 Å². The van der Waals surface area contributed by atoms with Gasteiger partial charge in [0.15, 0.2) is 5.82 Å². The second kappa shape index (κ2) is 3.65. The van der Waals surface area contributed by atoms with Crippen LogP contribution in [-0.4, -0.2) is 14.8 Å². The van der Waals surface area contributed by atoms with Crippen LogP contribution in [0.3, 0.4) is 0 Å². The predicted octanol–water partition coefficient (Wildman–Crippen LogP) is 3.09. The Morgan fingerprint density at radius 2 is 1.93 bits per heavy atom. The summed E-state index contributed by atoms with van der Waals surface area (Å²) in [5.41, 5.74) is 2.47. The van der Waals surface area contributed by atoms with Crippen molar-refractivity contribution in [3.63, 3.8) is 0 Å². The van der Waals surface area contributed by atoms with Crippen molar-refractivity contribution in [3.05, 3.63) is 24.0 Å². The maximum absolute atomic E-state index is 4.48. The molecular formula is C12H17N3. The van der Waals surface area contributed by atoms with Crippen LogP contribution in [0.1, 0.15) is 45.2 Å². The van der Waals surface area contributed by atoms with Crippen LogP contribution in [0.25, 0.3) is 11.4 Å². The highest BCUT2D eigenvalue weighted by molar-refractivity contribution is 5.62. The molecule has 3 nitrogen and oxygen atoms in total. The number of rotatable bonds is 2. The molecule has 0 unspecified atom stereocenters. The summed E-state index contributed by atoms with van der Waals surface area (Å²) < 4.78 is 1.94. The Hall–Kier alpha value is -1.38. The van der Waals surface area contributed by atoms with Crippen LogP contribution in [-0.2, 0) is 0 Å². The highest BCUT2D eigenvalue weighted by Gasteiger charge is 2.15. The highest BCUT2D eigenvalue weighted by atomic mass is 15.3. The summed E-state index contributed by atoms with van der Waals surface area (Å²) in [6.07, 6.45) is 3.97. The van der Waals surface area contributed by atoms with Crippen LogP contribution in [0.4, 0.5) is 0 Å². The summed E-state index contributed by atoms with van der Waals surface area (Å²) >= 11 is 0. The minimum Gasteiger partial charge on any atom is -0.268 e. The first-order chi connectivity index (χ1) is 7.09. The molecule has 0 aromatic rings. The number of fused-ring (bicyclic) bond motifs is 1. The molecule has 0 saturated heterocycles. The van der Waals surface area contributed by atoms with Gasteiger partial charge in [-0.25, -0.2) is 4.98 Å². The fraction of sp³-hybridized carbons (Fsp3) is 0.500. The third kappa shape index (κ3) is 1.74. The SMILES string of the molecule is CC(C)c1cnc2nn(C(C)C)ccc1-2. The lowest BCUT2D eigenvalue weighted by atomic mass is 10.0. The van der Waals surface area contributed by atoms with Crippen molar-refractivity contribution in [1.82, 2.24) is 14.8 Å². The predicted molar refractivity (Wildman–Crippen MR) is 61.1 cm³/mol.